The van der Waals surface area contributed by atoms with Crippen LogP contribution in [0.15, 0.2) is 48.8 Å². The SMILES string of the molecule is COc1ccccc1CN(C(=O)c1ccc2c(c1)ncn2C)C1CCN(C)CC1. The van der Waals surface area contributed by atoms with E-state index < -0.39 is 0 Å². The van der Waals surface area contributed by atoms with Crippen molar-refractivity contribution in [3.05, 3.63) is 59.9 Å². The van der Waals surface area contributed by atoms with Gasteiger partial charge in [-0.2, -0.15) is 0 Å². The van der Waals surface area contributed by atoms with Gasteiger partial charge < -0.3 is 19.1 Å². The number of fused-ring (bicyclic) bond motifs is 1. The third-order valence-corrected chi connectivity index (χ3v) is 5.90. The van der Waals surface area contributed by atoms with Gasteiger partial charge in [-0.25, -0.2) is 4.98 Å². The fraction of sp³-hybridized carbons (Fsp3) is 0.391. The minimum atomic E-state index is 0.0537. The van der Waals surface area contributed by atoms with Crippen LogP contribution in [0.2, 0.25) is 0 Å². The predicted octanol–water partition coefficient (Wildman–Crippen LogP) is 3.32. The first-order valence-corrected chi connectivity index (χ1v) is 10.1. The third-order valence-electron chi connectivity index (χ3n) is 5.90. The van der Waals surface area contributed by atoms with Crippen LogP contribution in [0.1, 0.15) is 28.8 Å². The van der Waals surface area contributed by atoms with Crippen LogP contribution in [0.3, 0.4) is 0 Å². The Morgan fingerprint density at radius 1 is 1.17 bits per heavy atom. The number of nitrogens with zero attached hydrogens (tertiary/aromatic N) is 4. The molecule has 1 aromatic heterocycles. The highest BCUT2D eigenvalue weighted by atomic mass is 16.5. The average Bonchev–Trinajstić information content (AvgIpc) is 3.12. The molecule has 1 aliphatic rings. The number of benzene rings is 2. The monoisotopic (exact) mass is 392 g/mol. The summed E-state index contributed by atoms with van der Waals surface area (Å²) in [5.41, 5.74) is 3.59. The number of aromatic nitrogens is 2. The standard InChI is InChI=1S/C23H28N4O2/c1-25-12-10-19(11-13-25)27(15-18-6-4-5-7-22(18)29-3)23(28)17-8-9-21-20(14-17)24-16-26(21)2/h4-9,14,16,19H,10-13,15H2,1-3H3. The number of amides is 1. The molecule has 1 amide bonds. The lowest BCUT2D eigenvalue weighted by Crippen LogP contribution is -2.46. The molecular formula is C23H28N4O2. The molecule has 1 aliphatic heterocycles. The maximum atomic E-state index is 13.6. The molecule has 152 valence electrons. The Labute approximate surface area is 171 Å². The van der Waals surface area contributed by atoms with Gasteiger partial charge in [-0.15, -0.1) is 0 Å². The summed E-state index contributed by atoms with van der Waals surface area (Å²) in [5, 5.41) is 0. The van der Waals surface area contributed by atoms with Crippen LogP contribution in [0.4, 0.5) is 0 Å². The van der Waals surface area contributed by atoms with Crippen molar-refractivity contribution in [1.82, 2.24) is 19.4 Å². The second-order valence-electron chi connectivity index (χ2n) is 7.84. The lowest BCUT2D eigenvalue weighted by Gasteiger charge is -2.37. The molecule has 6 nitrogen and oxygen atoms in total. The quantitative estimate of drug-likeness (QED) is 0.668. The van der Waals surface area contributed by atoms with Crippen LogP contribution >= 0.6 is 0 Å². The molecule has 1 fully saturated rings. The summed E-state index contributed by atoms with van der Waals surface area (Å²) >= 11 is 0. The van der Waals surface area contributed by atoms with E-state index in [0.29, 0.717) is 12.1 Å². The van der Waals surface area contributed by atoms with Crippen LogP contribution in [0.25, 0.3) is 11.0 Å². The fourth-order valence-corrected chi connectivity index (χ4v) is 4.13. The van der Waals surface area contributed by atoms with Crippen molar-refractivity contribution in [3.8, 4) is 5.75 Å². The highest BCUT2D eigenvalue weighted by Crippen LogP contribution is 2.26. The van der Waals surface area contributed by atoms with E-state index in [1.165, 1.54) is 0 Å². The summed E-state index contributed by atoms with van der Waals surface area (Å²) in [4.78, 5) is 22.4. The van der Waals surface area contributed by atoms with E-state index in [2.05, 4.69) is 16.9 Å². The first-order chi connectivity index (χ1) is 14.1. The van der Waals surface area contributed by atoms with E-state index in [4.69, 9.17) is 4.74 Å². The van der Waals surface area contributed by atoms with Crippen molar-refractivity contribution in [1.29, 1.82) is 0 Å². The lowest BCUT2D eigenvalue weighted by molar-refractivity contribution is 0.0568. The van der Waals surface area contributed by atoms with Gasteiger partial charge in [0.05, 0.1) is 24.5 Å². The van der Waals surface area contributed by atoms with Gasteiger partial charge >= 0.3 is 0 Å². The van der Waals surface area contributed by atoms with Crippen molar-refractivity contribution in [2.75, 3.05) is 27.2 Å². The third kappa shape index (κ3) is 3.98. The molecule has 0 atom stereocenters. The number of methoxy groups -OCH3 is 1. The van der Waals surface area contributed by atoms with E-state index in [0.717, 1.165) is 48.3 Å². The molecule has 2 aromatic carbocycles. The molecule has 29 heavy (non-hydrogen) atoms. The number of ether oxygens (including phenoxy) is 1. The fourth-order valence-electron chi connectivity index (χ4n) is 4.13. The van der Waals surface area contributed by atoms with E-state index >= 15 is 0 Å². The molecule has 0 aliphatic carbocycles. The Morgan fingerprint density at radius 2 is 1.93 bits per heavy atom. The summed E-state index contributed by atoms with van der Waals surface area (Å²) in [6.45, 7) is 2.54. The first-order valence-electron chi connectivity index (χ1n) is 10.1. The average molecular weight is 393 g/mol. The zero-order chi connectivity index (χ0) is 20.4. The summed E-state index contributed by atoms with van der Waals surface area (Å²) in [6, 6.07) is 13.9. The number of para-hydroxylation sites is 1. The molecule has 4 rings (SSSR count). The predicted molar refractivity (Wildman–Crippen MR) is 114 cm³/mol. The Morgan fingerprint density at radius 3 is 2.69 bits per heavy atom. The Balaban J connectivity index is 1.67. The molecule has 1 saturated heterocycles. The minimum Gasteiger partial charge on any atom is -0.496 e. The zero-order valence-electron chi connectivity index (χ0n) is 17.3. The molecule has 0 bridgehead atoms. The summed E-state index contributed by atoms with van der Waals surface area (Å²) in [7, 11) is 5.77. The smallest absolute Gasteiger partial charge is 0.254 e. The topological polar surface area (TPSA) is 50.6 Å². The number of imidazole rings is 1. The van der Waals surface area contributed by atoms with Crippen molar-refractivity contribution >= 4 is 16.9 Å². The van der Waals surface area contributed by atoms with E-state index in [1.807, 2.05) is 59.0 Å². The van der Waals surface area contributed by atoms with Crippen molar-refractivity contribution in [2.24, 2.45) is 7.05 Å². The number of likely N-dealkylation sites (tertiary alicyclic amines) is 1. The molecule has 0 N–H and O–H groups in total. The van der Waals surface area contributed by atoms with Gasteiger partial charge in [0.15, 0.2) is 0 Å². The second kappa shape index (κ2) is 8.25. The number of piperidine rings is 1. The van der Waals surface area contributed by atoms with Crippen LogP contribution in [0, 0.1) is 0 Å². The van der Waals surface area contributed by atoms with Crippen molar-refractivity contribution in [2.45, 2.75) is 25.4 Å². The Bertz CT molecular complexity index is 1010. The van der Waals surface area contributed by atoms with Gasteiger partial charge in [-0.3, -0.25) is 4.79 Å². The van der Waals surface area contributed by atoms with E-state index in [-0.39, 0.29) is 11.9 Å². The summed E-state index contributed by atoms with van der Waals surface area (Å²) < 4.78 is 7.50. The van der Waals surface area contributed by atoms with Gasteiger partial charge in [-0.1, -0.05) is 18.2 Å². The molecule has 3 aromatic rings. The van der Waals surface area contributed by atoms with Gasteiger partial charge in [0.25, 0.3) is 5.91 Å². The second-order valence-corrected chi connectivity index (χ2v) is 7.84. The number of carbonyl (C=O) groups excluding carboxylic acids is 1. The molecule has 0 unspecified atom stereocenters. The highest BCUT2D eigenvalue weighted by molar-refractivity contribution is 5.97. The number of hydrogen-bond donors (Lipinski definition) is 0. The molecule has 6 heteroatoms. The van der Waals surface area contributed by atoms with Gasteiger partial charge in [0.1, 0.15) is 5.75 Å². The van der Waals surface area contributed by atoms with Crippen LogP contribution in [0.5, 0.6) is 5.75 Å². The van der Waals surface area contributed by atoms with Crippen LogP contribution < -0.4 is 4.74 Å². The largest absolute Gasteiger partial charge is 0.496 e. The zero-order valence-corrected chi connectivity index (χ0v) is 17.3. The van der Waals surface area contributed by atoms with Crippen LogP contribution in [-0.4, -0.2) is 58.5 Å². The van der Waals surface area contributed by atoms with E-state index in [9.17, 15) is 4.79 Å². The van der Waals surface area contributed by atoms with Crippen LogP contribution in [-0.2, 0) is 13.6 Å². The van der Waals surface area contributed by atoms with Crippen molar-refractivity contribution in [3.63, 3.8) is 0 Å². The molecule has 2 heterocycles. The number of rotatable bonds is 5. The summed E-state index contributed by atoms with van der Waals surface area (Å²) in [5.74, 6) is 0.872. The molecular weight excluding hydrogens is 364 g/mol. The van der Waals surface area contributed by atoms with Gasteiger partial charge in [-0.05, 0) is 57.2 Å². The minimum absolute atomic E-state index is 0.0537. The Hall–Kier alpha value is -2.86. The van der Waals surface area contributed by atoms with Gasteiger partial charge in [0.2, 0.25) is 0 Å². The normalized spacial score (nSPS) is 15.6. The summed E-state index contributed by atoms with van der Waals surface area (Å²) in [6.07, 6.45) is 3.73. The van der Waals surface area contributed by atoms with Crippen molar-refractivity contribution < 1.29 is 9.53 Å². The lowest BCUT2D eigenvalue weighted by atomic mass is 10.0. The maximum absolute atomic E-state index is 13.6. The number of aryl methyl sites for hydroxylation is 1. The number of carbonyl (C=O) groups is 1. The molecule has 0 spiro atoms. The first kappa shape index (κ1) is 19.5. The maximum Gasteiger partial charge on any atom is 0.254 e. The molecule has 0 radical (unpaired) electrons. The Kier molecular flexibility index (Phi) is 5.53. The van der Waals surface area contributed by atoms with E-state index in [1.54, 1.807) is 13.4 Å². The number of hydrogen-bond acceptors (Lipinski definition) is 4. The molecule has 0 saturated carbocycles. The highest BCUT2D eigenvalue weighted by Gasteiger charge is 2.28. The van der Waals surface area contributed by atoms with Gasteiger partial charge in [0, 0.05) is 30.8 Å².